The number of para-hydroxylation sites is 1. The van der Waals surface area contributed by atoms with E-state index in [1.807, 2.05) is 32.2 Å². The molecule has 1 fully saturated rings. The normalized spacial score (nSPS) is 16.6. The van der Waals surface area contributed by atoms with Crippen molar-refractivity contribution >= 4 is 58.2 Å². The van der Waals surface area contributed by atoms with Gasteiger partial charge in [-0.25, -0.2) is 4.98 Å². The lowest BCUT2D eigenvalue weighted by atomic mass is 9.49. The lowest BCUT2D eigenvalue weighted by Gasteiger charge is -2.34. The van der Waals surface area contributed by atoms with Gasteiger partial charge in [0.05, 0.1) is 52.2 Å². The number of aromatic nitrogens is 4. The highest BCUT2D eigenvalue weighted by Crippen LogP contribution is 2.46. The first-order chi connectivity index (χ1) is 17.0. The number of amides is 2. The van der Waals surface area contributed by atoms with E-state index in [0.717, 1.165) is 41.2 Å². The van der Waals surface area contributed by atoms with Gasteiger partial charge in [0.2, 0.25) is 5.91 Å². The molecule has 1 atom stereocenters. The van der Waals surface area contributed by atoms with Crippen LogP contribution in [0.1, 0.15) is 41.9 Å². The highest BCUT2D eigenvalue weighted by atomic mass is 16.2. The summed E-state index contributed by atoms with van der Waals surface area (Å²) in [6.07, 6.45) is 3.05. The van der Waals surface area contributed by atoms with Crippen LogP contribution in [-0.2, 0) is 11.8 Å². The average molecular weight is 476 g/mol. The number of nitrogens with zero attached hydrogens (tertiary/aromatic N) is 5. The standard InChI is InChI=1S/C23H23B3N8O2/c1-11-18-19(32-34(3)31-18)13-5-4-6-15(20(13)33(11)2)28-16-9-17(29-21(35)12-7-8-12)27-10-14(16)22(36)30-23(24,25)26/h4-6,9-12H,7-8H2,1-3H3,(H,30,36)(H2,27,28,29,35)/t11-/m1/s1. The number of pyridine rings is 1. The molecule has 0 saturated heterocycles. The summed E-state index contributed by atoms with van der Waals surface area (Å²) in [5.74, 6) is -0.416. The lowest BCUT2D eigenvalue weighted by molar-refractivity contribution is -0.117. The number of anilines is 4. The number of hydrogen-bond acceptors (Lipinski definition) is 7. The molecular weight excluding hydrogens is 453 g/mol. The fraction of sp³-hybridized carbons (Fsp3) is 0.348. The van der Waals surface area contributed by atoms with Crippen LogP contribution >= 0.6 is 0 Å². The zero-order valence-corrected chi connectivity index (χ0v) is 20.2. The molecule has 10 nitrogen and oxygen atoms in total. The van der Waals surface area contributed by atoms with Crippen LogP contribution in [0.3, 0.4) is 0 Å². The summed E-state index contributed by atoms with van der Waals surface area (Å²) < 4.78 is 0. The molecule has 2 amide bonds. The van der Waals surface area contributed by atoms with Crippen molar-refractivity contribution in [2.24, 2.45) is 13.0 Å². The van der Waals surface area contributed by atoms with Crippen molar-refractivity contribution in [2.75, 3.05) is 22.6 Å². The average Bonchev–Trinajstić information content (AvgIpc) is 3.58. The fourth-order valence-corrected chi connectivity index (χ4v) is 4.28. The molecule has 0 spiro atoms. The fourth-order valence-electron chi connectivity index (χ4n) is 4.28. The molecule has 176 valence electrons. The van der Waals surface area contributed by atoms with Gasteiger partial charge in [0, 0.05) is 37.8 Å². The molecule has 1 aromatic carbocycles. The smallest absolute Gasteiger partial charge is 0.253 e. The van der Waals surface area contributed by atoms with Gasteiger partial charge in [-0.1, -0.05) is 17.4 Å². The minimum atomic E-state index is -1.92. The monoisotopic (exact) mass is 476 g/mol. The zero-order chi connectivity index (χ0) is 25.8. The minimum absolute atomic E-state index is 0.00372. The van der Waals surface area contributed by atoms with Crippen molar-refractivity contribution in [2.45, 2.75) is 31.0 Å². The summed E-state index contributed by atoms with van der Waals surface area (Å²) in [5, 5.41) is 15.7. The maximum atomic E-state index is 12.9. The van der Waals surface area contributed by atoms with Crippen LogP contribution in [0.2, 0.25) is 0 Å². The highest BCUT2D eigenvalue weighted by molar-refractivity contribution is 6.60. The first kappa shape index (κ1) is 24.0. The largest absolute Gasteiger partial charge is 0.372 e. The molecule has 3 heterocycles. The Labute approximate surface area is 212 Å². The minimum Gasteiger partial charge on any atom is -0.372 e. The van der Waals surface area contributed by atoms with E-state index in [-0.39, 0.29) is 23.4 Å². The summed E-state index contributed by atoms with van der Waals surface area (Å²) in [7, 11) is 20.5. The van der Waals surface area contributed by atoms with Crippen LogP contribution in [0.15, 0.2) is 30.5 Å². The van der Waals surface area contributed by atoms with Gasteiger partial charge in [-0.05, 0) is 25.8 Å². The summed E-state index contributed by atoms with van der Waals surface area (Å²) in [6, 6.07) is 7.33. The maximum Gasteiger partial charge on any atom is 0.253 e. The molecule has 2 aromatic heterocycles. The number of aryl methyl sites for hydroxylation is 1. The van der Waals surface area contributed by atoms with Crippen molar-refractivity contribution in [1.29, 1.82) is 0 Å². The maximum absolute atomic E-state index is 12.9. The Bertz CT molecular complexity index is 1370. The molecule has 0 unspecified atom stereocenters. The number of fused-ring (bicyclic) bond motifs is 3. The van der Waals surface area contributed by atoms with E-state index >= 15 is 0 Å². The van der Waals surface area contributed by atoms with E-state index in [9.17, 15) is 9.59 Å². The topological polar surface area (TPSA) is 117 Å². The quantitative estimate of drug-likeness (QED) is 0.460. The summed E-state index contributed by atoms with van der Waals surface area (Å²) >= 11 is 0. The van der Waals surface area contributed by atoms with Gasteiger partial charge < -0.3 is 20.9 Å². The molecule has 36 heavy (non-hydrogen) atoms. The summed E-state index contributed by atoms with van der Waals surface area (Å²) in [6.45, 7) is 2.05. The van der Waals surface area contributed by atoms with Crippen LogP contribution in [0.4, 0.5) is 22.9 Å². The zero-order valence-electron chi connectivity index (χ0n) is 20.2. The summed E-state index contributed by atoms with van der Waals surface area (Å²) in [4.78, 5) is 33.2. The van der Waals surface area contributed by atoms with Crippen LogP contribution in [0, 0.1) is 5.92 Å². The molecule has 3 N–H and O–H groups in total. The van der Waals surface area contributed by atoms with Gasteiger partial charge in [0.1, 0.15) is 17.2 Å². The van der Waals surface area contributed by atoms with Crippen LogP contribution < -0.4 is 20.9 Å². The van der Waals surface area contributed by atoms with Gasteiger partial charge >= 0.3 is 0 Å². The number of rotatable bonds is 6. The molecular formula is C23H23B3N8O2. The molecule has 1 aliphatic heterocycles. The lowest BCUT2D eigenvalue weighted by Crippen LogP contribution is -2.50. The number of carbonyl (C=O) groups is 2. The molecule has 1 saturated carbocycles. The first-order valence-electron chi connectivity index (χ1n) is 11.6. The van der Waals surface area contributed by atoms with E-state index in [1.54, 1.807) is 17.9 Å². The van der Waals surface area contributed by atoms with Crippen LogP contribution in [-0.4, -0.2) is 67.6 Å². The number of hydrogen-bond donors (Lipinski definition) is 3. The number of carbonyl (C=O) groups excluding carboxylic acids is 2. The van der Waals surface area contributed by atoms with Crippen molar-refractivity contribution in [3.63, 3.8) is 0 Å². The molecule has 13 heteroatoms. The third kappa shape index (κ3) is 4.57. The Balaban J connectivity index is 1.56. The number of benzene rings is 1. The highest BCUT2D eigenvalue weighted by Gasteiger charge is 2.33. The molecule has 6 radical (unpaired) electrons. The predicted octanol–water partition coefficient (Wildman–Crippen LogP) is 1.33. The Morgan fingerprint density at radius 2 is 1.86 bits per heavy atom. The third-order valence-corrected chi connectivity index (χ3v) is 6.31. The Hall–Kier alpha value is -3.76. The molecule has 0 bridgehead atoms. The van der Waals surface area contributed by atoms with Gasteiger partial charge in [-0.15, -0.1) is 0 Å². The number of nitrogens with one attached hydrogen (secondary N) is 3. The van der Waals surface area contributed by atoms with E-state index in [0.29, 0.717) is 11.5 Å². The van der Waals surface area contributed by atoms with Gasteiger partial charge in [-0.3, -0.25) is 9.59 Å². The third-order valence-electron chi connectivity index (χ3n) is 6.31. The predicted molar refractivity (Wildman–Crippen MR) is 140 cm³/mol. The van der Waals surface area contributed by atoms with Crippen molar-refractivity contribution in [3.05, 3.63) is 41.7 Å². The second kappa shape index (κ2) is 8.72. The van der Waals surface area contributed by atoms with Gasteiger partial charge in [-0.2, -0.15) is 15.0 Å². The van der Waals surface area contributed by atoms with Crippen molar-refractivity contribution in [3.8, 4) is 11.3 Å². The van der Waals surface area contributed by atoms with E-state index in [1.165, 1.54) is 6.20 Å². The van der Waals surface area contributed by atoms with E-state index in [2.05, 4.69) is 36.0 Å². The first-order valence-corrected chi connectivity index (χ1v) is 11.6. The second-order valence-electron chi connectivity index (χ2n) is 9.30. The Kier molecular flexibility index (Phi) is 5.81. The Morgan fingerprint density at radius 1 is 1.11 bits per heavy atom. The van der Waals surface area contributed by atoms with Gasteiger partial charge in [0.25, 0.3) is 5.91 Å². The molecule has 2 aliphatic rings. The Morgan fingerprint density at radius 3 is 2.56 bits per heavy atom. The molecule has 1 aliphatic carbocycles. The van der Waals surface area contributed by atoms with Crippen molar-refractivity contribution in [1.82, 2.24) is 25.3 Å². The van der Waals surface area contributed by atoms with Gasteiger partial charge in [0.15, 0.2) is 0 Å². The molecule has 3 aromatic rings. The molecule has 5 rings (SSSR count). The van der Waals surface area contributed by atoms with Crippen LogP contribution in [0.25, 0.3) is 11.3 Å². The SMILES string of the molecule is [B]C([B])([B])NC(=O)c1cnc(NC(=O)C2CC2)cc1Nc1cccc2c1N(C)[C@H](C)c1nn(C)nc1-2. The second-order valence-corrected chi connectivity index (χ2v) is 9.30. The summed E-state index contributed by atoms with van der Waals surface area (Å²) in [5.41, 5.74) is 4.71. The van der Waals surface area contributed by atoms with E-state index < -0.39 is 11.1 Å². The van der Waals surface area contributed by atoms with Crippen molar-refractivity contribution < 1.29 is 9.59 Å². The van der Waals surface area contributed by atoms with E-state index in [4.69, 9.17) is 23.5 Å². The van der Waals surface area contributed by atoms with Crippen LogP contribution in [0.5, 0.6) is 0 Å².